The van der Waals surface area contributed by atoms with Crippen LogP contribution in [0.25, 0.3) is 0 Å². The van der Waals surface area contributed by atoms with E-state index < -0.39 is 6.04 Å². The number of nitrogens with zero attached hydrogens (tertiary/aromatic N) is 4. The number of benzene rings is 1. The predicted octanol–water partition coefficient (Wildman–Crippen LogP) is 3.37. The van der Waals surface area contributed by atoms with Crippen LogP contribution in [0.15, 0.2) is 34.9 Å². The number of aromatic nitrogens is 2. The second kappa shape index (κ2) is 8.76. The molecule has 1 saturated carbocycles. The van der Waals surface area contributed by atoms with Crippen LogP contribution in [-0.4, -0.2) is 51.4 Å². The van der Waals surface area contributed by atoms with Crippen LogP contribution in [0.1, 0.15) is 66.6 Å². The Morgan fingerprint density at radius 2 is 1.86 bits per heavy atom. The number of carbonyl (C=O) groups excluding carboxylic acids is 2. The third-order valence-electron chi connectivity index (χ3n) is 6.00. The molecule has 1 atom stereocenters. The summed E-state index contributed by atoms with van der Waals surface area (Å²) in [6, 6.07) is 8.79. The predicted molar refractivity (Wildman–Crippen MR) is 107 cm³/mol. The summed E-state index contributed by atoms with van der Waals surface area (Å²) in [4.78, 5) is 34.3. The van der Waals surface area contributed by atoms with Crippen molar-refractivity contribution < 1.29 is 14.1 Å². The molecule has 2 fully saturated rings. The standard InChI is InChI=1S/C22H28N4O3/c1-16-23-21(29-24-16)19-15-25(20(27)14-17-8-5-6-9-17)12-7-13-26(19)22(28)18-10-3-2-4-11-18/h2-4,10-11,17,19H,5-9,12-15H2,1H3. The molecule has 154 valence electrons. The van der Waals surface area contributed by atoms with Crippen molar-refractivity contribution in [1.29, 1.82) is 0 Å². The van der Waals surface area contributed by atoms with E-state index in [-0.39, 0.29) is 11.8 Å². The quantitative estimate of drug-likeness (QED) is 0.792. The molecule has 4 rings (SSSR count). The fourth-order valence-electron chi connectivity index (χ4n) is 4.45. The van der Waals surface area contributed by atoms with Crippen molar-refractivity contribution in [2.24, 2.45) is 5.92 Å². The van der Waals surface area contributed by atoms with Gasteiger partial charge >= 0.3 is 0 Å². The van der Waals surface area contributed by atoms with Crippen molar-refractivity contribution in [3.8, 4) is 0 Å². The zero-order valence-electron chi connectivity index (χ0n) is 16.9. The van der Waals surface area contributed by atoms with Crippen molar-refractivity contribution in [3.05, 3.63) is 47.6 Å². The van der Waals surface area contributed by atoms with Crippen LogP contribution < -0.4 is 0 Å². The number of rotatable bonds is 4. The fourth-order valence-corrected chi connectivity index (χ4v) is 4.45. The van der Waals surface area contributed by atoms with Crippen LogP contribution >= 0.6 is 0 Å². The third kappa shape index (κ3) is 4.49. The van der Waals surface area contributed by atoms with Crippen molar-refractivity contribution in [2.75, 3.05) is 19.6 Å². The molecule has 2 aromatic rings. The van der Waals surface area contributed by atoms with Crippen LogP contribution in [-0.2, 0) is 4.79 Å². The Morgan fingerprint density at radius 3 is 2.55 bits per heavy atom. The summed E-state index contributed by atoms with van der Waals surface area (Å²) in [5.74, 6) is 1.52. The van der Waals surface area contributed by atoms with Crippen LogP contribution in [0.2, 0.25) is 0 Å². The molecule has 0 bridgehead atoms. The molecule has 0 radical (unpaired) electrons. The molecule has 29 heavy (non-hydrogen) atoms. The third-order valence-corrected chi connectivity index (χ3v) is 6.00. The van der Waals surface area contributed by atoms with E-state index in [0.717, 1.165) is 19.3 Å². The SMILES string of the molecule is Cc1noc(C2CN(C(=O)CC3CCCC3)CCCN2C(=O)c2ccccc2)n1. The Hall–Kier alpha value is -2.70. The van der Waals surface area contributed by atoms with Crippen molar-refractivity contribution in [1.82, 2.24) is 19.9 Å². The maximum Gasteiger partial charge on any atom is 0.254 e. The van der Waals surface area contributed by atoms with Gasteiger partial charge in [0.05, 0.1) is 6.54 Å². The van der Waals surface area contributed by atoms with Gasteiger partial charge in [0.2, 0.25) is 5.91 Å². The summed E-state index contributed by atoms with van der Waals surface area (Å²) >= 11 is 0. The molecule has 1 aromatic carbocycles. The molecule has 1 saturated heterocycles. The van der Waals surface area contributed by atoms with Gasteiger partial charge in [0.15, 0.2) is 5.82 Å². The maximum absolute atomic E-state index is 13.2. The van der Waals surface area contributed by atoms with E-state index in [4.69, 9.17) is 4.52 Å². The second-order valence-corrected chi connectivity index (χ2v) is 8.11. The topological polar surface area (TPSA) is 79.5 Å². The van der Waals surface area contributed by atoms with Gasteiger partial charge in [-0.25, -0.2) is 0 Å². The molecule has 2 aliphatic rings. The normalized spacial score (nSPS) is 20.7. The van der Waals surface area contributed by atoms with Gasteiger partial charge in [-0.1, -0.05) is 36.2 Å². The first-order valence-corrected chi connectivity index (χ1v) is 10.6. The Balaban J connectivity index is 1.57. The zero-order chi connectivity index (χ0) is 20.2. The molecule has 7 heteroatoms. The van der Waals surface area contributed by atoms with E-state index >= 15 is 0 Å². The number of hydrogen-bond acceptors (Lipinski definition) is 5. The minimum atomic E-state index is -0.432. The highest BCUT2D eigenvalue weighted by atomic mass is 16.5. The Kier molecular flexibility index (Phi) is 5.92. The molecule has 0 N–H and O–H groups in total. The lowest BCUT2D eigenvalue weighted by molar-refractivity contribution is -0.132. The molecule has 0 spiro atoms. The van der Waals surface area contributed by atoms with Gasteiger partial charge in [0.1, 0.15) is 6.04 Å². The van der Waals surface area contributed by atoms with Crippen LogP contribution in [0, 0.1) is 12.8 Å². The molecule has 1 unspecified atom stereocenters. The van der Waals surface area contributed by atoms with E-state index in [2.05, 4.69) is 10.1 Å². The lowest BCUT2D eigenvalue weighted by Crippen LogP contribution is -2.40. The van der Waals surface area contributed by atoms with E-state index in [1.54, 1.807) is 11.8 Å². The van der Waals surface area contributed by atoms with Gasteiger partial charge in [0.25, 0.3) is 11.8 Å². The van der Waals surface area contributed by atoms with Gasteiger partial charge in [0, 0.05) is 25.1 Å². The smallest absolute Gasteiger partial charge is 0.254 e. The summed E-state index contributed by atoms with van der Waals surface area (Å²) < 4.78 is 5.44. The Bertz CT molecular complexity index is 845. The van der Waals surface area contributed by atoms with E-state index in [1.165, 1.54) is 12.8 Å². The van der Waals surface area contributed by atoms with Crippen LogP contribution in [0.5, 0.6) is 0 Å². The molecule has 7 nitrogen and oxygen atoms in total. The summed E-state index contributed by atoms with van der Waals surface area (Å²) in [6.07, 6.45) is 6.07. The zero-order valence-corrected chi connectivity index (χ0v) is 16.9. The molecule has 2 heterocycles. The number of amides is 2. The van der Waals surface area contributed by atoms with Crippen LogP contribution in [0.3, 0.4) is 0 Å². The number of aryl methyl sites for hydroxylation is 1. The van der Waals surface area contributed by atoms with E-state index in [1.807, 2.05) is 35.2 Å². The molecule has 1 aromatic heterocycles. The number of carbonyl (C=O) groups is 2. The summed E-state index contributed by atoms with van der Waals surface area (Å²) in [6.45, 7) is 3.35. The first kappa shape index (κ1) is 19.6. The van der Waals surface area contributed by atoms with Gasteiger partial charge in [-0.05, 0) is 44.2 Å². The largest absolute Gasteiger partial charge is 0.340 e. The van der Waals surface area contributed by atoms with Crippen molar-refractivity contribution in [2.45, 2.75) is 51.5 Å². The first-order valence-electron chi connectivity index (χ1n) is 10.6. The average Bonchev–Trinajstić information content (AvgIpc) is 3.34. The minimum Gasteiger partial charge on any atom is -0.340 e. The monoisotopic (exact) mass is 396 g/mol. The maximum atomic E-state index is 13.2. The lowest BCUT2D eigenvalue weighted by atomic mass is 10.0. The summed E-state index contributed by atoms with van der Waals surface area (Å²) in [5.41, 5.74) is 0.625. The summed E-state index contributed by atoms with van der Waals surface area (Å²) in [5, 5.41) is 3.91. The van der Waals surface area contributed by atoms with E-state index in [0.29, 0.717) is 49.3 Å². The second-order valence-electron chi connectivity index (χ2n) is 8.11. The van der Waals surface area contributed by atoms with Crippen molar-refractivity contribution >= 4 is 11.8 Å². The average molecular weight is 396 g/mol. The van der Waals surface area contributed by atoms with Gasteiger partial charge in [-0.2, -0.15) is 4.98 Å². The van der Waals surface area contributed by atoms with E-state index in [9.17, 15) is 9.59 Å². The molecule has 1 aliphatic heterocycles. The van der Waals surface area contributed by atoms with Crippen LogP contribution in [0.4, 0.5) is 0 Å². The highest BCUT2D eigenvalue weighted by molar-refractivity contribution is 5.94. The first-order chi connectivity index (χ1) is 14.1. The molecule has 1 aliphatic carbocycles. The van der Waals surface area contributed by atoms with Gasteiger partial charge in [-0.3, -0.25) is 9.59 Å². The highest BCUT2D eigenvalue weighted by Gasteiger charge is 2.35. The minimum absolute atomic E-state index is 0.0726. The highest BCUT2D eigenvalue weighted by Crippen LogP contribution is 2.30. The van der Waals surface area contributed by atoms with Gasteiger partial charge < -0.3 is 14.3 Å². The summed E-state index contributed by atoms with van der Waals surface area (Å²) in [7, 11) is 0. The Labute approximate surface area is 171 Å². The Morgan fingerprint density at radius 1 is 1.10 bits per heavy atom. The lowest BCUT2D eigenvalue weighted by Gasteiger charge is -2.29. The molecular weight excluding hydrogens is 368 g/mol. The number of hydrogen-bond donors (Lipinski definition) is 0. The molecule has 2 amide bonds. The fraction of sp³-hybridized carbons (Fsp3) is 0.545. The van der Waals surface area contributed by atoms with Crippen molar-refractivity contribution in [3.63, 3.8) is 0 Å². The van der Waals surface area contributed by atoms with Gasteiger partial charge in [-0.15, -0.1) is 0 Å². The molecular formula is C22H28N4O3.